The van der Waals surface area contributed by atoms with E-state index in [1.807, 2.05) is 54.6 Å². The maximum atomic E-state index is 6.30. The van der Waals surface area contributed by atoms with Crippen molar-refractivity contribution >= 4 is 65.3 Å². The van der Waals surface area contributed by atoms with Crippen LogP contribution < -0.4 is 0 Å². The van der Waals surface area contributed by atoms with Crippen LogP contribution in [-0.2, 0) is 0 Å². The van der Waals surface area contributed by atoms with E-state index in [9.17, 15) is 0 Å². The van der Waals surface area contributed by atoms with Crippen molar-refractivity contribution in [2.24, 2.45) is 0 Å². The molecule has 0 aliphatic rings. The van der Waals surface area contributed by atoms with Crippen molar-refractivity contribution < 1.29 is 4.42 Å². The van der Waals surface area contributed by atoms with E-state index in [0.717, 1.165) is 66.1 Å². The van der Waals surface area contributed by atoms with Gasteiger partial charge in [0.15, 0.2) is 17.5 Å². The van der Waals surface area contributed by atoms with Gasteiger partial charge in [0.25, 0.3) is 0 Å². The normalized spacial score (nSPS) is 11.8. The Bertz CT molecular complexity index is 3190. The van der Waals surface area contributed by atoms with E-state index in [0.29, 0.717) is 17.5 Å². The van der Waals surface area contributed by atoms with E-state index in [1.165, 1.54) is 21.5 Å². The van der Waals surface area contributed by atoms with Crippen molar-refractivity contribution in [2.75, 3.05) is 0 Å². The van der Waals surface area contributed by atoms with Gasteiger partial charge < -0.3 is 8.98 Å². The lowest BCUT2D eigenvalue weighted by Gasteiger charge is -2.17. The fourth-order valence-corrected chi connectivity index (χ4v) is 7.78. The third kappa shape index (κ3) is 4.39. The van der Waals surface area contributed by atoms with E-state index in [2.05, 4.69) is 120 Å². The lowest BCUT2D eigenvalue weighted by atomic mass is 10.0. The summed E-state index contributed by atoms with van der Waals surface area (Å²) in [5.74, 6) is 1.79. The van der Waals surface area contributed by atoms with E-state index >= 15 is 0 Å². The lowest BCUT2D eigenvalue weighted by Crippen LogP contribution is -2.04. The first-order valence-electron chi connectivity index (χ1n) is 17.4. The summed E-state index contributed by atoms with van der Waals surface area (Å²) >= 11 is 0. The fraction of sp³-hybridized carbons (Fsp3) is 0. The number of aromatic nitrogens is 4. The molecular formula is C47H28N4O. The summed E-state index contributed by atoms with van der Waals surface area (Å²) in [6.07, 6.45) is 0. The fourth-order valence-electron chi connectivity index (χ4n) is 7.78. The topological polar surface area (TPSA) is 56.7 Å². The van der Waals surface area contributed by atoms with Crippen molar-refractivity contribution in [3.63, 3.8) is 0 Å². The highest BCUT2D eigenvalue weighted by Gasteiger charge is 2.22. The summed E-state index contributed by atoms with van der Waals surface area (Å²) in [7, 11) is 0. The maximum absolute atomic E-state index is 6.30. The Morgan fingerprint density at radius 2 is 1.00 bits per heavy atom. The van der Waals surface area contributed by atoms with Crippen molar-refractivity contribution in [1.82, 2.24) is 19.5 Å². The molecule has 3 heterocycles. The molecule has 52 heavy (non-hydrogen) atoms. The van der Waals surface area contributed by atoms with E-state index in [4.69, 9.17) is 19.4 Å². The monoisotopic (exact) mass is 664 g/mol. The van der Waals surface area contributed by atoms with Gasteiger partial charge in [-0.3, -0.25) is 0 Å². The van der Waals surface area contributed by atoms with Crippen LogP contribution in [0.2, 0.25) is 0 Å². The van der Waals surface area contributed by atoms with Crippen LogP contribution in [-0.4, -0.2) is 19.5 Å². The van der Waals surface area contributed by atoms with Crippen LogP contribution in [0.3, 0.4) is 0 Å². The minimum Gasteiger partial charge on any atom is -0.456 e. The number of hydrogen-bond donors (Lipinski definition) is 0. The summed E-state index contributed by atoms with van der Waals surface area (Å²) in [6.45, 7) is 0. The van der Waals surface area contributed by atoms with Gasteiger partial charge in [-0.15, -0.1) is 0 Å². The molecule has 0 radical (unpaired) electrons. The third-order valence-electron chi connectivity index (χ3n) is 10.2. The third-order valence-corrected chi connectivity index (χ3v) is 10.2. The Morgan fingerprint density at radius 3 is 1.85 bits per heavy atom. The number of fused-ring (bicyclic) bond motifs is 8. The van der Waals surface area contributed by atoms with Gasteiger partial charge in [-0.05, 0) is 58.6 Å². The Hall–Kier alpha value is -7.11. The Morgan fingerprint density at radius 1 is 0.365 bits per heavy atom. The Labute approximate surface area is 298 Å². The smallest absolute Gasteiger partial charge is 0.166 e. The minimum atomic E-state index is 0.582. The average molecular weight is 665 g/mol. The average Bonchev–Trinajstić information content (AvgIpc) is 3.74. The number of hydrogen-bond acceptors (Lipinski definition) is 4. The molecular weight excluding hydrogens is 637 g/mol. The van der Waals surface area contributed by atoms with Crippen LogP contribution in [0.15, 0.2) is 174 Å². The Kier molecular flexibility index (Phi) is 6.18. The first kappa shape index (κ1) is 28.7. The first-order valence-corrected chi connectivity index (χ1v) is 17.4. The second-order valence-corrected chi connectivity index (χ2v) is 13.2. The Balaban J connectivity index is 1.23. The van der Waals surface area contributed by atoms with Crippen molar-refractivity contribution in [2.45, 2.75) is 0 Å². The quantitative estimate of drug-likeness (QED) is 0.188. The van der Waals surface area contributed by atoms with Gasteiger partial charge in [0.1, 0.15) is 11.2 Å². The van der Waals surface area contributed by atoms with Crippen molar-refractivity contribution in [3.8, 4) is 39.9 Å². The highest BCUT2D eigenvalue weighted by atomic mass is 16.3. The summed E-state index contributed by atoms with van der Waals surface area (Å²) in [4.78, 5) is 15.6. The molecule has 0 aliphatic heterocycles. The second kappa shape index (κ2) is 11.2. The van der Waals surface area contributed by atoms with Crippen LogP contribution in [0.25, 0.3) is 105 Å². The zero-order chi connectivity index (χ0) is 34.2. The van der Waals surface area contributed by atoms with Crippen LogP contribution in [0, 0.1) is 0 Å². The van der Waals surface area contributed by atoms with Gasteiger partial charge >= 0.3 is 0 Å². The second-order valence-electron chi connectivity index (χ2n) is 13.2. The summed E-state index contributed by atoms with van der Waals surface area (Å²) in [5.41, 5.74) is 7.63. The number of rotatable bonds is 4. The number of benzene rings is 8. The molecule has 0 fully saturated rings. The standard InChI is InChI=1S/C47H28N4O/c1-2-13-30(14-3-1)45-48-46(33-23-24-37-36-19-9-11-21-42(36)52-43(37)28-33)50-47(49-45)38-25-22-29-12-6-7-17-34(29)44(38)51-40-20-10-8-18-35(40)39-26-31-15-4-5-16-32(31)27-41(39)51/h1-28H. The van der Waals surface area contributed by atoms with E-state index in [-0.39, 0.29) is 0 Å². The van der Waals surface area contributed by atoms with Crippen molar-refractivity contribution in [3.05, 3.63) is 170 Å². The zero-order valence-corrected chi connectivity index (χ0v) is 27.9. The van der Waals surface area contributed by atoms with Crippen LogP contribution in [0.4, 0.5) is 0 Å². The minimum absolute atomic E-state index is 0.582. The molecule has 0 atom stereocenters. The van der Waals surface area contributed by atoms with Crippen LogP contribution in [0.5, 0.6) is 0 Å². The SMILES string of the molecule is c1ccc(-c2nc(-c3ccc4c(c3)oc3ccccc34)nc(-c3ccc4ccccc4c3-n3c4ccccc4c4cc5ccccc5cc43)n2)cc1. The zero-order valence-electron chi connectivity index (χ0n) is 27.9. The first-order chi connectivity index (χ1) is 25.8. The van der Waals surface area contributed by atoms with Gasteiger partial charge in [-0.25, -0.2) is 15.0 Å². The lowest BCUT2D eigenvalue weighted by molar-refractivity contribution is 0.669. The maximum Gasteiger partial charge on any atom is 0.166 e. The van der Waals surface area contributed by atoms with Gasteiger partial charge in [-0.2, -0.15) is 0 Å². The molecule has 11 rings (SSSR count). The van der Waals surface area contributed by atoms with Crippen LogP contribution >= 0.6 is 0 Å². The van der Waals surface area contributed by atoms with Gasteiger partial charge in [-0.1, -0.05) is 127 Å². The molecule has 3 aromatic heterocycles. The molecule has 0 spiro atoms. The molecule has 0 aliphatic carbocycles. The van der Waals surface area contributed by atoms with Crippen molar-refractivity contribution in [1.29, 1.82) is 0 Å². The highest BCUT2D eigenvalue weighted by molar-refractivity contribution is 6.15. The number of nitrogens with zero attached hydrogens (tertiary/aromatic N) is 4. The summed E-state index contributed by atoms with van der Waals surface area (Å²) in [5, 5.41) is 9.21. The molecule has 11 aromatic rings. The van der Waals surface area contributed by atoms with E-state index < -0.39 is 0 Å². The molecule has 0 bridgehead atoms. The van der Waals surface area contributed by atoms with Gasteiger partial charge in [0.05, 0.1) is 16.7 Å². The number of para-hydroxylation sites is 2. The van der Waals surface area contributed by atoms with Gasteiger partial charge in [0.2, 0.25) is 0 Å². The predicted molar refractivity (Wildman–Crippen MR) is 213 cm³/mol. The molecule has 5 heteroatoms. The van der Waals surface area contributed by atoms with E-state index in [1.54, 1.807) is 0 Å². The van der Waals surface area contributed by atoms with Gasteiger partial charge in [0, 0.05) is 43.6 Å². The highest BCUT2D eigenvalue weighted by Crippen LogP contribution is 2.41. The molecule has 8 aromatic carbocycles. The summed E-state index contributed by atoms with van der Waals surface area (Å²) in [6, 6.07) is 59.3. The number of furan rings is 1. The molecule has 0 amide bonds. The molecule has 0 N–H and O–H groups in total. The molecule has 0 saturated carbocycles. The van der Waals surface area contributed by atoms with Crippen LogP contribution in [0.1, 0.15) is 0 Å². The summed E-state index contributed by atoms with van der Waals surface area (Å²) < 4.78 is 8.70. The molecule has 0 saturated heterocycles. The molecule has 0 unspecified atom stereocenters. The molecule has 5 nitrogen and oxygen atoms in total. The predicted octanol–water partition coefficient (Wildman–Crippen LogP) is 12.2. The largest absolute Gasteiger partial charge is 0.456 e. The molecule has 242 valence electrons.